The average molecular weight is 455 g/mol. The molecule has 0 aromatic carbocycles. The van der Waals surface area contributed by atoms with Gasteiger partial charge >= 0.3 is 19.8 Å². The van der Waals surface area contributed by atoms with Crippen LogP contribution in [0.15, 0.2) is 0 Å². The highest BCUT2D eigenvalue weighted by atomic mass is 31.2. The number of ether oxygens (including phenoxy) is 1. The lowest BCUT2D eigenvalue weighted by Crippen LogP contribution is -2.41. The third kappa shape index (κ3) is 15.8. The van der Waals surface area contributed by atoms with E-state index in [1.165, 1.54) is 39.0 Å². The van der Waals surface area contributed by atoms with Gasteiger partial charge in [0.25, 0.3) is 0 Å². The smallest absolute Gasteiger partial charge is 0.472 e. The maximum absolute atomic E-state index is 11.7. The largest absolute Gasteiger partial charge is 0.480 e. The highest BCUT2D eigenvalue weighted by Gasteiger charge is 2.31. The Balaban J connectivity index is 3.84. The first-order chi connectivity index (χ1) is 14.1. The Morgan fingerprint density at radius 2 is 1.53 bits per heavy atom. The Morgan fingerprint density at radius 1 is 1.00 bits per heavy atom. The summed E-state index contributed by atoms with van der Waals surface area (Å²) in [6, 6.07) is -1.51. The fourth-order valence-corrected chi connectivity index (χ4v) is 3.55. The highest BCUT2D eigenvalue weighted by Crippen LogP contribution is 2.44. The lowest BCUT2D eigenvalue weighted by atomic mass is 10.1. The number of carboxylic acid groups (broad SMARTS) is 1. The summed E-state index contributed by atoms with van der Waals surface area (Å²) in [5, 5.41) is 18.4. The van der Waals surface area contributed by atoms with E-state index in [1.807, 2.05) is 0 Å². The minimum Gasteiger partial charge on any atom is -0.480 e. The third-order valence-corrected chi connectivity index (χ3v) is 5.52. The van der Waals surface area contributed by atoms with E-state index in [2.05, 4.69) is 16.0 Å². The van der Waals surface area contributed by atoms with E-state index in [1.54, 1.807) is 0 Å². The van der Waals surface area contributed by atoms with Crippen LogP contribution in [0.2, 0.25) is 0 Å². The van der Waals surface area contributed by atoms with Gasteiger partial charge in [-0.15, -0.1) is 0 Å². The number of carbonyl (C=O) groups is 2. The van der Waals surface area contributed by atoms with Crippen LogP contribution in [0.1, 0.15) is 78.1 Å². The molecule has 0 aliphatic rings. The molecule has 0 heterocycles. The molecule has 11 heteroatoms. The van der Waals surface area contributed by atoms with Crippen LogP contribution in [0.3, 0.4) is 0 Å². The van der Waals surface area contributed by atoms with Crippen molar-refractivity contribution in [3.8, 4) is 0 Å². The molecule has 0 spiro atoms. The van der Waals surface area contributed by atoms with Crippen molar-refractivity contribution in [2.45, 2.75) is 96.3 Å². The number of phosphoric ester groups is 1. The highest BCUT2D eigenvalue weighted by molar-refractivity contribution is 7.47. The van der Waals surface area contributed by atoms with Crippen molar-refractivity contribution in [2.24, 2.45) is 5.73 Å². The molecule has 0 aromatic rings. The van der Waals surface area contributed by atoms with Gasteiger partial charge in [0.2, 0.25) is 0 Å². The molecule has 0 saturated heterocycles. The summed E-state index contributed by atoms with van der Waals surface area (Å²) in [5.41, 5.74) is 5.28. The molecular formula is C19H38NO9P. The number of aliphatic carboxylic acids is 1. The summed E-state index contributed by atoms with van der Waals surface area (Å²) in [6.07, 6.45) is 7.78. The van der Waals surface area contributed by atoms with E-state index in [0.717, 1.165) is 19.3 Å². The Morgan fingerprint density at radius 3 is 2.07 bits per heavy atom. The van der Waals surface area contributed by atoms with Crippen LogP contribution in [-0.4, -0.2) is 58.5 Å². The number of aliphatic hydroxyl groups excluding tert-OH is 1. The van der Waals surface area contributed by atoms with E-state index in [0.29, 0.717) is 6.42 Å². The number of aliphatic hydroxyl groups is 1. The van der Waals surface area contributed by atoms with Gasteiger partial charge in [-0.3, -0.25) is 18.6 Å². The molecule has 0 amide bonds. The molecule has 0 radical (unpaired) electrons. The van der Waals surface area contributed by atoms with E-state index in [4.69, 9.17) is 15.6 Å². The Bertz CT molecular complexity index is 532. The number of unbranched alkanes of at least 4 members (excludes halogenated alkanes) is 8. The summed E-state index contributed by atoms with van der Waals surface area (Å²) < 4.78 is 25.8. The van der Waals surface area contributed by atoms with Gasteiger partial charge in [0.15, 0.2) is 0 Å². The van der Waals surface area contributed by atoms with Gasteiger partial charge in [-0.05, 0) is 13.3 Å². The lowest BCUT2D eigenvalue weighted by molar-refractivity contribution is -0.147. The van der Waals surface area contributed by atoms with Crippen LogP contribution in [0.4, 0.5) is 0 Å². The number of carboxylic acids is 1. The minimum absolute atomic E-state index is 0.246. The normalized spacial score (nSPS) is 16.4. The predicted octanol–water partition coefficient (Wildman–Crippen LogP) is 2.75. The molecule has 0 aliphatic carbocycles. The van der Waals surface area contributed by atoms with Gasteiger partial charge < -0.3 is 25.6 Å². The van der Waals surface area contributed by atoms with Crippen molar-refractivity contribution in [1.29, 1.82) is 0 Å². The summed E-state index contributed by atoms with van der Waals surface area (Å²) in [4.78, 5) is 31.9. The Hall–Kier alpha value is -1.03. The standard InChI is InChI=1S/C19H38NO9P/c1-3-4-5-6-7-8-9-10-11-12-17(22)27-13-16(21)14-28-30(25,26)29-15(2)18(20)19(23)24/h15-16,18,21H,3-14,20H2,1-2H3,(H,23,24)(H,25,26)/t15-,16-,18+/m1/s1. The van der Waals surface area contributed by atoms with Crippen molar-refractivity contribution >= 4 is 19.8 Å². The molecule has 178 valence electrons. The first kappa shape index (κ1) is 29.0. The quantitative estimate of drug-likeness (QED) is 0.129. The molecule has 1 unspecified atom stereocenters. The number of hydrogen-bond donors (Lipinski definition) is 4. The first-order valence-corrected chi connectivity index (χ1v) is 12.1. The van der Waals surface area contributed by atoms with Gasteiger partial charge in [-0.25, -0.2) is 4.57 Å². The van der Waals surface area contributed by atoms with Crippen LogP contribution in [0, 0.1) is 0 Å². The maximum atomic E-state index is 11.7. The topological polar surface area (TPSA) is 166 Å². The number of rotatable bonds is 19. The molecule has 0 fully saturated rings. The fourth-order valence-electron chi connectivity index (χ4n) is 2.58. The van der Waals surface area contributed by atoms with Gasteiger partial charge in [0, 0.05) is 6.42 Å². The molecule has 0 saturated carbocycles. The van der Waals surface area contributed by atoms with Crippen molar-refractivity contribution < 1.29 is 43.0 Å². The zero-order valence-electron chi connectivity index (χ0n) is 18.0. The van der Waals surface area contributed by atoms with Crippen molar-refractivity contribution in [3.63, 3.8) is 0 Å². The second-order valence-electron chi connectivity index (χ2n) is 7.35. The number of carbonyl (C=O) groups excluding carboxylic acids is 1. The second kappa shape index (κ2) is 16.6. The number of nitrogens with two attached hydrogens (primary N) is 1. The SMILES string of the molecule is CCCCCCCCCCCC(=O)OC[C@@H](O)COP(=O)(O)O[C@H](C)[C@H](N)C(=O)O. The first-order valence-electron chi connectivity index (χ1n) is 10.6. The van der Waals surface area contributed by atoms with E-state index < -0.39 is 44.6 Å². The molecular weight excluding hydrogens is 417 g/mol. The molecule has 0 rings (SSSR count). The van der Waals surface area contributed by atoms with Gasteiger partial charge in [0.05, 0.1) is 12.7 Å². The maximum Gasteiger partial charge on any atom is 0.472 e. The van der Waals surface area contributed by atoms with Crippen molar-refractivity contribution in [2.75, 3.05) is 13.2 Å². The zero-order valence-corrected chi connectivity index (χ0v) is 18.9. The summed E-state index contributed by atoms with van der Waals surface area (Å²) in [6.45, 7) is 2.37. The molecule has 0 aromatic heterocycles. The average Bonchev–Trinajstić information content (AvgIpc) is 2.68. The van der Waals surface area contributed by atoms with Crippen LogP contribution in [-0.2, 0) is 27.9 Å². The summed E-state index contributed by atoms with van der Waals surface area (Å²) in [7, 11) is -4.63. The van der Waals surface area contributed by atoms with Crippen LogP contribution < -0.4 is 5.73 Å². The molecule has 5 N–H and O–H groups in total. The van der Waals surface area contributed by atoms with E-state index in [-0.39, 0.29) is 13.0 Å². The van der Waals surface area contributed by atoms with Crippen LogP contribution in [0.5, 0.6) is 0 Å². The van der Waals surface area contributed by atoms with Crippen molar-refractivity contribution in [3.05, 3.63) is 0 Å². The molecule has 10 nitrogen and oxygen atoms in total. The Labute approximate surface area is 178 Å². The van der Waals surface area contributed by atoms with Crippen molar-refractivity contribution in [1.82, 2.24) is 0 Å². The fraction of sp³-hybridized carbons (Fsp3) is 0.895. The van der Waals surface area contributed by atoms with Gasteiger partial charge in [0.1, 0.15) is 18.8 Å². The predicted molar refractivity (Wildman–Crippen MR) is 111 cm³/mol. The third-order valence-electron chi connectivity index (χ3n) is 4.44. The summed E-state index contributed by atoms with van der Waals surface area (Å²) in [5.74, 6) is -1.86. The lowest BCUT2D eigenvalue weighted by Gasteiger charge is -2.21. The number of phosphoric acid groups is 1. The van der Waals surface area contributed by atoms with Gasteiger partial charge in [-0.1, -0.05) is 58.3 Å². The minimum atomic E-state index is -4.63. The van der Waals surface area contributed by atoms with Crippen LogP contribution >= 0.6 is 7.82 Å². The van der Waals surface area contributed by atoms with E-state index >= 15 is 0 Å². The number of esters is 1. The molecule has 4 atom stereocenters. The monoisotopic (exact) mass is 455 g/mol. The summed E-state index contributed by atoms with van der Waals surface area (Å²) >= 11 is 0. The second-order valence-corrected chi connectivity index (χ2v) is 8.76. The van der Waals surface area contributed by atoms with Crippen LogP contribution in [0.25, 0.3) is 0 Å². The number of hydrogen-bond acceptors (Lipinski definition) is 8. The van der Waals surface area contributed by atoms with Gasteiger partial charge in [-0.2, -0.15) is 0 Å². The molecule has 0 aliphatic heterocycles. The zero-order chi connectivity index (χ0) is 23.0. The molecule has 30 heavy (non-hydrogen) atoms. The molecule has 0 bridgehead atoms. The van der Waals surface area contributed by atoms with E-state index in [9.17, 15) is 24.2 Å². The Kier molecular flexibility index (Phi) is 16.1.